The molecule has 1 aliphatic rings. The topological polar surface area (TPSA) is 77.0 Å². The lowest BCUT2D eigenvalue weighted by Crippen LogP contribution is -2.38. The fourth-order valence-corrected chi connectivity index (χ4v) is 3.94. The molecule has 2 heterocycles. The first kappa shape index (κ1) is 21.1. The Balaban J connectivity index is 1.57. The SMILES string of the molecule is CCc1nc(CCNC(=NC)NCc2cc3c(cc2OC(F)F)OCO3)sc1C. The number of rotatable bonds is 8. The zero-order valence-corrected chi connectivity index (χ0v) is 17.4. The van der Waals surface area contributed by atoms with Crippen LogP contribution in [-0.4, -0.2) is 37.9 Å². The zero-order valence-electron chi connectivity index (χ0n) is 16.6. The number of aryl methyl sites for hydroxylation is 2. The van der Waals surface area contributed by atoms with Crippen molar-refractivity contribution in [3.8, 4) is 17.2 Å². The minimum Gasteiger partial charge on any atom is -0.454 e. The number of thiazole rings is 1. The average Bonchev–Trinajstić information content (AvgIpc) is 3.29. The van der Waals surface area contributed by atoms with Gasteiger partial charge in [0, 0.05) is 43.1 Å². The van der Waals surface area contributed by atoms with E-state index in [0.717, 1.165) is 23.5 Å². The lowest BCUT2D eigenvalue weighted by Gasteiger charge is -2.15. The van der Waals surface area contributed by atoms with Gasteiger partial charge in [-0.05, 0) is 19.4 Å². The summed E-state index contributed by atoms with van der Waals surface area (Å²) in [6.45, 7) is 2.18. The highest BCUT2D eigenvalue weighted by Crippen LogP contribution is 2.38. The summed E-state index contributed by atoms with van der Waals surface area (Å²) < 4.78 is 40.7. The first-order chi connectivity index (χ1) is 14.0. The lowest BCUT2D eigenvalue weighted by atomic mass is 10.1. The van der Waals surface area contributed by atoms with Gasteiger partial charge in [0.1, 0.15) is 5.75 Å². The van der Waals surface area contributed by atoms with Crippen LogP contribution in [0.25, 0.3) is 0 Å². The molecule has 29 heavy (non-hydrogen) atoms. The summed E-state index contributed by atoms with van der Waals surface area (Å²) in [4.78, 5) is 10.0. The molecule has 0 saturated carbocycles. The zero-order chi connectivity index (χ0) is 20.8. The standard InChI is InChI=1S/C19H24F2N4O3S/c1-4-13-11(2)29-17(25-13)5-6-23-19(22-3)24-9-12-7-15-16(27-10-26-15)8-14(12)28-18(20)21/h7-8,18H,4-6,9-10H2,1-3H3,(H2,22,23,24). The number of hydrogen-bond acceptors (Lipinski definition) is 6. The van der Waals surface area contributed by atoms with Crippen LogP contribution in [0.4, 0.5) is 8.78 Å². The van der Waals surface area contributed by atoms with Crippen LogP contribution in [0.2, 0.25) is 0 Å². The average molecular weight is 426 g/mol. The number of hydrogen-bond donors (Lipinski definition) is 2. The van der Waals surface area contributed by atoms with E-state index in [0.29, 0.717) is 29.6 Å². The van der Waals surface area contributed by atoms with Crippen molar-refractivity contribution in [2.75, 3.05) is 20.4 Å². The minimum atomic E-state index is -2.93. The van der Waals surface area contributed by atoms with Crippen molar-refractivity contribution in [2.24, 2.45) is 4.99 Å². The summed E-state index contributed by atoms with van der Waals surface area (Å²) in [5.41, 5.74) is 1.66. The Morgan fingerprint density at radius 2 is 2.07 bits per heavy atom. The fraction of sp³-hybridized carbons (Fsp3) is 0.474. The molecule has 0 aliphatic carbocycles. The molecule has 0 radical (unpaired) electrons. The van der Waals surface area contributed by atoms with Crippen molar-refractivity contribution in [3.05, 3.63) is 33.3 Å². The quantitative estimate of drug-likeness (QED) is 0.499. The number of fused-ring (bicyclic) bond motifs is 1. The van der Waals surface area contributed by atoms with E-state index in [1.807, 2.05) is 0 Å². The second-order valence-corrected chi connectivity index (χ2v) is 7.55. The van der Waals surface area contributed by atoms with Gasteiger partial charge in [-0.3, -0.25) is 4.99 Å². The summed E-state index contributed by atoms with van der Waals surface area (Å²) in [6.07, 6.45) is 1.70. The van der Waals surface area contributed by atoms with E-state index < -0.39 is 6.61 Å². The van der Waals surface area contributed by atoms with E-state index >= 15 is 0 Å². The second-order valence-electron chi connectivity index (χ2n) is 6.26. The molecular weight excluding hydrogens is 402 g/mol. The van der Waals surface area contributed by atoms with Gasteiger partial charge in [0.25, 0.3) is 0 Å². The van der Waals surface area contributed by atoms with E-state index in [1.165, 1.54) is 10.9 Å². The highest BCUT2D eigenvalue weighted by Gasteiger charge is 2.20. The maximum absolute atomic E-state index is 12.7. The number of nitrogens with one attached hydrogen (secondary N) is 2. The highest BCUT2D eigenvalue weighted by atomic mass is 32.1. The number of nitrogens with zero attached hydrogens (tertiary/aromatic N) is 2. The number of halogens is 2. The largest absolute Gasteiger partial charge is 0.454 e. The normalized spacial score (nSPS) is 13.1. The van der Waals surface area contributed by atoms with Crippen molar-refractivity contribution >= 4 is 17.3 Å². The molecule has 0 unspecified atom stereocenters. The Morgan fingerprint density at radius 1 is 1.31 bits per heavy atom. The maximum Gasteiger partial charge on any atom is 0.387 e. The Bertz CT molecular complexity index is 873. The van der Waals surface area contributed by atoms with E-state index in [4.69, 9.17) is 9.47 Å². The smallest absolute Gasteiger partial charge is 0.387 e. The van der Waals surface area contributed by atoms with Gasteiger partial charge in [-0.15, -0.1) is 11.3 Å². The van der Waals surface area contributed by atoms with Gasteiger partial charge in [-0.25, -0.2) is 4.98 Å². The third-order valence-corrected chi connectivity index (χ3v) is 5.42. The van der Waals surface area contributed by atoms with Crippen LogP contribution in [0.15, 0.2) is 17.1 Å². The van der Waals surface area contributed by atoms with Crippen molar-refractivity contribution in [1.82, 2.24) is 15.6 Å². The molecule has 0 bridgehead atoms. The van der Waals surface area contributed by atoms with Gasteiger partial charge in [0.05, 0.1) is 10.7 Å². The number of guanidine groups is 1. The first-order valence-corrected chi connectivity index (χ1v) is 10.1. The summed E-state index contributed by atoms with van der Waals surface area (Å²) in [5, 5.41) is 7.39. The van der Waals surface area contributed by atoms with Gasteiger partial charge >= 0.3 is 6.61 Å². The van der Waals surface area contributed by atoms with Crippen LogP contribution in [0.3, 0.4) is 0 Å². The van der Waals surface area contributed by atoms with E-state index in [1.54, 1.807) is 24.5 Å². The third kappa shape index (κ3) is 5.47. The third-order valence-electron chi connectivity index (χ3n) is 4.34. The van der Waals surface area contributed by atoms with Crippen LogP contribution < -0.4 is 24.8 Å². The maximum atomic E-state index is 12.7. The molecule has 1 aromatic heterocycles. The Morgan fingerprint density at radius 3 is 2.72 bits per heavy atom. The molecule has 0 spiro atoms. The van der Waals surface area contributed by atoms with Gasteiger partial charge in [-0.2, -0.15) is 8.78 Å². The second kappa shape index (κ2) is 9.73. The van der Waals surface area contributed by atoms with Crippen LogP contribution in [-0.2, 0) is 19.4 Å². The molecule has 0 amide bonds. The predicted molar refractivity (Wildman–Crippen MR) is 107 cm³/mol. The molecule has 158 valence electrons. The highest BCUT2D eigenvalue weighted by molar-refractivity contribution is 7.11. The van der Waals surface area contributed by atoms with Crippen molar-refractivity contribution < 1.29 is 23.0 Å². The number of aromatic nitrogens is 1. The molecule has 3 rings (SSSR count). The molecule has 0 fully saturated rings. The minimum absolute atomic E-state index is 0.0394. The van der Waals surface area contributed by atoms with Crippen molar-refractivity contribution in [3.63, 3.8) is 0 Å². The summed E-state index contributed by atoms with van der Waals surface area (Å²) in [7, 11) is 1.65. The molecule has 0 atom stereocenters. The molecule has 2 N–H and O–H groups in total. The van der Waals surface area contributed by atoms with Crippen LogP contribution in [0, 0.1) is 6.92 Å². The molecule has 2 aromatic rings. The monoisotopic (exact) mass is 426 g/mol. The van der Waals surface area contributed by atoms with Crippen LogP contribution in [0.1, 0.15) is 28.1 Å². The number of benzene rings is 1. The Labute approximate surface area is 172 Å². The fourth-order valence-electron chi connectivity index (χ4n) is 2.92. The summed E-state index contributed by atoms with van der Waals surface area (Å²) >= 11 is 1.70. The van der Waals surface area contributed by atoms with E-state index in [-0.39, 0.29) is 19.1 Å². The van der Waals surface area contributed by atoms with E-state index in [2.05, 4.69) is 39.2 Å². The van der Waals surface area contributed by atoms with Gasteiger partial charge in [0.15, 0.2) is 17.5 Å². The van der Waals surface area contributed by atoms with Crippen LogP contribution >= 0.6 is 11.3 Å². The van der Waals surface area contributed by atoms with Gasteiger partial charge in [-0.1, -0.05) is 6.92 Å². The summed E-state index contributed by atoms with van der Waals surface area (Å²) in [6, 6.07) is 3.04. The number of alkyl halides is 2. The predicted octanol–water partition coefficient (Wildman–Crippen LogP) is 3.25. The molecule has 10 heteroatoms. The van der Waals surface area contributed by atoms with Crippen LogP contribution in [0.5, 0.6) is 17.2 Å². The van der Waals surface area contributed by atoms with Gasteiger partial charge < -0.3 is 24.8 Å². The molecule has 1 aliphatic heterocycles. The summed E-state index contributed by atoms with van der Waals surface area (Å²) in [5.74, 6) is 1.47. The molecule has 1 aromatic carbocycles. The Hall–Kier alpha value is -2.62. The Kier molecular flexibility index (Phi) is 7.08. The number of ether oxygens (including phenoxy) is 3. The first-order valence-electron chi connectivity index (χ1n) is 9.27. The lowest BCUT2D eigenvalue weighted by molar-refractivity contribution is -0.0505. The number of aliphatic imine (C=N–C) groups is 1. The molecule has 0 saturated heterocycles. The molecular formula is C19H24F2N4O3S. The van der Waals surface area contributed by atoms with Crippen molar-refractivity contribution in [2.45, 2.75) is 39.8 Å². The van der Waals surface area contributed by atoms with Crippen molar-refractivity contribution in [1.29, 1.82) is 0 Å². The van der Waals surface area contributed by atoms with E-state index in [9.17, 15) is 8.78 Å². The van der Waals surface area contributed by atoms with Gasteiger partial charge in [0.2, 0.25) is 6.79 Å². The molecule has 7 nitrogen and oxygen atoms in total.